The molecule has 0 aliphatic carbocycles. The van der Waals surface area contributed by atoms with Crippen molar-refractivity contribution in [1.82, 2.24) is 4.57 Å². The molecule has 0 saturated carbocycles. The standard InChI is InChI=1S/C54H36N2S/c1-5-17-37(18-6-1)40-23-15-26-43(33-40)55(44-31-32-46-45-27-13-14-30-51(45)57-52(46)36-44)50-29-16-28-47-49-35-41(38-19-7-2-8-20-38)34-48(39-21-9-3-10-22-39)53(49)56(54(47)50)42-24-11-4-12-25-42/h1-36H. The van der Waals surface area contributed by atoms with E-state index in [0.29, 0.717) is 0 Å². The Balaban J connectivity index is 1.26. The van der Waals surface area contributed by atoms with E-state index >= 15 is 0 Å². The van der Waals surface area contributed by atoms with Crippen molar-refractivity contribution >= 4 is 70.4 Å². The molecule has 2 nitrogen and oxygen atoms in total. The summed E-state index contributed by atoms with van der Waals surface area (Å²) in [4.78, 5) is 2.47. The fourth-order valence-corrected chi connectivity index (χ4v) is 9.70. The third-order valence-electron chi connectivity index (χ3n) is 11.1. The summed E-state index contributed by atoms with van der Waals surface area (Å²) in [5, 5.41) is 5.01. The van der Waals surface area contributed by atoms with Gasteiger partial charge in [-0.15, -0.1) is 11.3 Å². The average molecular weight is 745 g/mol. The number of thiophene rings is 1. The van der Waals surface area contributed by atoms with Crippen LogP contribution in [0, 0.1) is 0 Å². The van der Waals surface area contributed by atoms with Gasteiger partial charge in [-0.3, -0.25) is 0 Å². The van der Waals surface area contributed by atoms with Crippen LogP contribution in [0.3, 0.4) is 0 Å². The Hall–Kier alpha value is -7.20. The van der Waals surface area contributed by atoms with Crippen LogP contribution in [-0.4, -0.2) is 4.57 Å². The van der Waals surface area contributed by atoms with Gasteiger partial charge in [-0.1, -0.05) is 158 Å². The van der Waals surface area contributed by atoms with Gasteiger partial charge in [0.2, 0.25) is 0 Å². The monoisotopic (exact) mass is 744 g/mol. The van der Waals surface area contributed by atoms with Gasteiger partial charge in [-0.2, -0.15) is 0 Å². The van der Waals surface area contributed by atoms with Gasteiger partial charge in [0.15, 0.2) is 0 Å². The van der Waals surface area contributed by atoms with E-state index in [2.05, 4.69) is 228 Å². The number of fused-ring (bicyclic) bond motifs is 6. The number of hydrogen-bond acceptors (Lipinski definition) is 2. The highest BCUT2D eigenvalue weighted by Gasteiger charge is 2.25. The molecule has 2 heterocycles. The lowest BCUT2D eigenvalue weighted by molar-refractivity contribution is 1.17. The summed E-state index contributed by atoms with van der Waals surface area (Å²) in [5.74, 6) is 0. The highest BCUT2D eigenvalue weighted by atomic mass is 32.1. The van der Waals surface area contributed by atoms with E-state index in [9.17, 15) is 0 Å². The predicted octanol–water partition coefficient (Wildman–Crippen LogP) is 15.6. The molecule has 0 aliphatic rings. The van der Waals surface area contributed by atoms with Crippen molar-refractivity contribution in [3.63, 3.8) is 0 Å². The third-order valence-corrected chi connectivity index (χ3v) is 12.3. The van der Waals surface area contributed by atoms with Crippen LogP contribution >= 0.6 is 11.3 Å². The highest BCUT2D eigenvalue weighted by Crippen LogP contribution is 2.48. The van der Waals surface area contributed by atoms with Crippen molar-refractivity contribution in [2.45, 2.75) is 0 Å². The first-order chi connectivity index (χ1) is 28.3. The van der Waals surface area contributed by atoms with Gasteiger partial charge in [0.25, 0.3) is 0 Å². The molecule has 11 rings (SSSR count). The van der Waals surface area contributed by atoms with Crippen LogP contribution < -0.4 is 4.90 Å². The molecule has 0 radical (unpaired) electrons. The predicted molar refractivity (Wildman–Crippen MR) is 245 cm³/mol. The minimum absolute atomic E-state index is 1.10. The van der Waals surface area contributed by atoms with Gasteiger partial charge in [0.05, 0.1) is 16.7 Å². The zero-order valence-corrected chi connectivity index (χ0v) is 31.9. The minimum Gasteiger partial charge on any atom is -0.308 e. The van der Waals surface area contributed by atoms with Crippen molar-refractivity contribution < 1.29 is 0 Å². The molecular formula is C54H36N2S. The molecule has 0 atom stereocenters. The summed E-state index contributed by atoms with van der Waals surface area (Å²) >= 11 is 1.86. The van der Waals surface area contributed by atoms with Gasteiger partial charge in [-0.05, 0) is 88.5 Å². The lowest BCUT2D eigenvalue weighted by Crippen LogP contribution is -2.12. The van der Waals surface area contributed by atoms with Crippen molar-refractivity contribution in [3.05, 3.63) is 218 Å². The van der Waals surface area contributed by atoms with Crippen LogP contribution in [0.4, 0.5) is 17.1 Å². The van der Waals surface area contributed by atoms with Crippen molar-refractivity contribution in [2.75, 3.05) is 4.90 Å². The minimum atomic E-state index is 1.10. The lowest BCUT2D eigenvalue weighted by Gasteiger charge is -2.28. The molecule has 3 heteroatoms. The van der Waals surface area contributed by atoms with Crippen molar-refractivity contribution in [2.24, 2.45) is 0 Å². The van der Waals surface area contributed by atoms with E-state index in [1.165, 1.54) is 69.8 Å². The molecule has 0 saturated heterocycles. The smallest absolute Gasteiger partial charge is 0.0782 e. The van der Waals surface area contributed by atoms with Gasteiger partial charge < -0.3 is 9.47 Å². The zero-order valence-electron chi connectivity index (χ0n) is 31.1. The molecule has 11 aromatic rings. The van der Waals surface area contributed by atoms with E-state index in [1.54, 1.807) is 0 Å². The normalized spacial score (nSPS) is 11.5. The maximum Gasteiger partial charge on any atom is 0.0782 e. The average Bonchev–Trinajstić information content (AvgIpc) is 3.83. The molecule has 2 aromatic heterocycles. The summed E-state index contributed by atoms with van der Waals surface area (Å²) in [5.41, 5.74) is 13.9. The van der Waals surface area contributed by atoms with Crippen molar-refractivity contribution in [3.8, 4) is 39.1 Å². The van der Waals surface area contributed by atoms with Crippen LogP contribution in [0.1, 0.15) is 0 Å². The Morgan fingerprint density at radius 1 is 0.333 bits per heavy atom. The topological polar surface area (TPSA) is 8.17 Å². The fourth-order valence-electron chi connectivity index (χ4n) is 8.56. The summed E-state index contributed by atoms with van der Waals surface area (Å²) < 4.78 is 5.08. The maximum atomic E-state index is 2.50. The number of rotatable bonds is 7. The number of benzene rings is 9. The van der Waals surface area contributed by atoms with E-state index in [1.807, 2.05) is 11.3 Å². The van der Waals surface area contributed by atoms with Gasteiger partial charge in [0.1, 0.15) is 0 Å². The molecule has 268 valence electrons. The number of nitrogens with zero attached hydrogens (tertiary/aromatic N) is 2. The number of hydrogen-bond donors (Lipinski definition) is 0. The van der Waals surface area contributed by atoms with Gasteiger partial charge in [-0.25, -0.2) is 0 Å². The number of para-hydroxylation sites is 2. The van der Waals surface area contributed by atoms with Crippen LogP contribution in [-0.2, 0) is 0 Å². The Labute approximate surface area is 335 Å². The fraction of sp³-hybridized carbons (Fsp3) is 0. The summed E-state index contributed by atoms with van der Waals surface area (Å²) in [7, 11) is 0. The van der Waals surface area contributed by atoms with E-state index in [4.69, 9.17) is 0 Å². The third kappa shape index (κ3) is 5.71. The maximum absolute atomic E-state index is 2.50. The lowest BCUT2D eigenvalue weighted by atomic mass is 9.95. The van der Waals surface area contributed by atoms with E-state index < -0.39 is 0 Å². The molecular weight excluding hydrogens is 709 g/mol. The quantitative estimate of drug-likeness (QED) is 0.158. The Kier molecular flexibility index (Phi) is 8.04. The zero-order chi connectivity index (χ0) is 37.7. The SMILES string of the molecule is c1ccc(-c2cccc(N(c3ccc4c(c3)sc3ccccc34)c3cccc4c5cc(-c6ccccc6)cc(-c6ccccc6)c5n(-c5ccccc5)c34)c2)cc1. The first kappa shape index (κ1) is 33.2. The van der Waals surface area contributed by atoms with Crippen LogP contribution in [0.5, 0.6) is 0 Å². The Bertz CT molecular complexity index is 3220. The van der Waals surface area contributed by atoms with Crippen LogP contribution in [0.25, 0.3) is 81.0 Å². The van der Waals surface area contributed by atoms with E-state index in [-0.39, 0.29) is 0 Å². The summed E-state index contributed by atoms with van der Waals surface area (Å²) in [6.07, 6.45) is 0. The molecule has 0 amide bonds. The molecule has 0 unspecified atom stereocenters. The second-order valence-electron chi connectivity index (χ2n) is 14.5. The molecule has 0 N–H and O–H groups in total. The van der Waals surface area contributed by atoms with Crippen LogP contribution in [0.15, 0.2) is 218 Å². The Morgan fingerprint density at radius 3 is 1.67 bits per heavy atom. The second-order valence-corrected chi connectivity index (χ2v) is 15.6. The van der Waals surface area contributed by atoms with Gasteiger partial charge in [0, 0.05) is 53.6 Å². The first-order valence-corrected chi connectivity index (χ1v) is 20.2. The summed E-state index contributed by atoms with van der Waals surface area (Å²) in [6, 6.07) is 79.5. The molecule has 0 fully saturated rings. The second kappa shape index (κ2) is 13.8. The van der Waals surface area contributed by atoms with Crippen LogP contribution in [0.2, 0.25) is 0 Å². The summed E-state index contributed by atoms with van der Waals surface area (Å²) in [6.45, 7) is 0. The first-order valence-electron chi connectivity index (χ1n) is 19.4. The molecule has 0 bridgehead atoms. The van der Waals surface area contributed by atoms with Gasteiger partial charge >= 0.3 is 0 Å². The number of anilines is 3. The van der Waals surface area contributed by atoms with E-state index in [0.717, 1.165) is 28.3 Å². The van der Waals surface area contributed by atoms with Crippen molar-refractivity contribution in [1.29, 1.82) is 0 Å². The largest absolute Gasteiger partial charge is 0.308 e. The highest BCUT2D eigenvalue weighted by molar-refractivity contribution is 7.25. The molecule has 9 aromatic carbocycles. The molecule has 0 spiro atoms. The Morgan fingerprint density at radius 2 is 0.912 bits per heavy atom. The molecule has 57 heavy (non-hydrogen) atoms. The molecule has 0 aliphatic heterocycles. The number of aromatic nitrogens is 1.